The fraction of sp³-hybridized carbons (Fsp3) is 0.412. The monoisotopic (exact) mass is 298 g/mol. The number of benzene rings is 1. The predicted octanol–water partition coefficient (Wildman–Crippen LogP) is 2.82. The molecule has 0 bridgehead atoms. The van der Waals surface area contributed by atoms with Crippen LogP contribution in [0.5, 0.6) is 0 Å². The summed E-state index contributed by atoms with van der Waals surface area (Å²) in [5.41, 5.74) is 7.48. The molecular weight excluding hydrogens is 276 g/mol. The number of anilines is 1. The number of para-hydroxylation sites is 1. The van der Waals surface area contributed by atoms with Gasteiger partial charge in [0.15, 0.2) is 0 Å². The van der Waals surface area contributed by atoms with Gasteiger partial charge in [0.25, 0.3) is 0 Å². The van der Waals surface area contributed by atoms with E-state index in [0.717, 1.165) is 17.2 Å². The number of hydrogen-bond donors (Lipinski definition) is 2. The lowest BCUT2D eigenvalue weighted by atomic mass is 10.0. The van der Waals surface area contributed by atoms with Gasteiger partial charge in [-0.1, -0.05) is 31.0 Å². The first-order valence-corrected chi connectivity index (χ1v) is 7.93. The molecule has 22 heavy (non-hydrogen) atoms. The summed E-state index contributed by atoms with van der Waals surface area (Å²) in [6.07, 6.45) is 5.21. The van der Waals surface area contributed by atoms with Gasteiger partial charge in [-0.2, -0.15) is 5.10 Å². The number of nitrogens with zero attached hydrogens (tertiary/aromatic N) is 2. The zero-order chi connectivity index (χ0) is 15.4. The molecule has 3 N–H and O–H groups in total. The Bertz CT molecular complexity index is 629. The third kappa shape index (κ3) is 3.20. The van der Waals surface area contributed by atoms with Crippen LogP contribution in [0.3, 0.4) is 0 Å². The van der Waals surface area contributed by atoms with E-state index >= 15 is 0 Å². The molecule has 1 aromatic heterocycles. The smallest absolute Gasteiger partial charge is 0.226 e. The van der Waals surface area contributed by atoms with Crippen LogP contribution in [0.25, 0.3) is 5.69 Å². The largest absolute Gasteiger partial charge is 0.330 e. The molecule has 1 heterocycles. The van der Waals surface area contributed by atoms with Gasteiger partial charge in [-0.3, -0.25) is 4.79 Å². The minimum atomic E-state index is -0.0717. The van der Waals surface area contributed by atoms with Crippen molar-refractivity contribution in [3.8, 4) is 5.69 Å². The highest BCUT2D eigenvalue weighted by Crippen LogP contribution is 2.35. The van der Waals surface area contributed by atoms with E-state index in [-0.39, 0.29) is 5.91 Å². The first-order chi connectivity index (χ1) is 10.8. The molecule has 0 spiro atoms. The van der Waals surface area contributed by atoms with Crippen LogP contribution < -0.4 is 11.1 Å². The summed E-state index contributed by atoms with van der Waals surface area (Å²) in [5, 5.41) is 7.68. The number of carbonyl (C=O) groups is 1. The first kappa shape index (κ1) is 14.8. The zero-order valence-corrected chi connectivity index (χ0v) is 12.7. The van der Waals surface area contributed by atoms with Gasteiger partial charge < -0.3 is 11.1 Å². The number of nitrogens with one attached hydrogen (secondary N) is 1. The number of hydrogen-bond acceptors (Lipinski definition) is 3. The number of nitrogens with two attached hydrogens (primary N) is 1. The van der Waals surface area contributed by atoms with Gasteiger partial charge in [0.1, 0.15) is 5.82 Å². The van der Waals surface area contributed by atoms with Crippen molar-refractivity contribution < 1.29 is 4.79 Å². The molecule has 2 aromatic rings. The maximum atomic E-state index is 11.9. The summed E-state index contributed by atoms with van der Waals surface area (Å²) in [6.45, 7) is 0.348. The van der Waals surface area contributed by atoms with E-state index in [0.29, 0.717) is 18.9 Å². The molecule has 3 rings (SSSR count). The molecule has 1 saturated carbocycles. The molecule has 1 fully saturated rings. The van der Waals surface area contributed by atoms with Gasteiger partial charge in [0, 0.05) is 24.9 Å². The summed E-state index contributed by atoms with van der Waals surface area (Å²) >= 11 is 0. The van der Waals surface area contributed by atoms with Crippen molar-refractivity contribution in [2.75, 3.05) is 11.9 Å². The maximum absolute atomic E-state index is 11.9. The molecule has 5 nitrogen and oxygen atoms in total. The van der Waals surface area contributed by atoms with Crippen molar-refractivity contribution in [2.24, 2.45) is 5.73 Å². The van der Waals surface area contributed by atoms with Gasteiger partial charge in [-0.15, -0.1) is 0 Å². The standard InChI is InChI=1S/C17H22N4O/c18-11-10-17(22)19-16-12-15(13-6-4-5-7-13)20-21(16)14-8-2-1-3-9-14/h1-3,8-9,12-13H,4-7,10-11,18H2,(H,19,22). The van der Waals surface area contributed by atoms with Crippen LogP contribution in [0.2, 0.25) is 0 Å². The average Bonchev–Trinajstić information content (AvgIpc) is 3.17. The van der Waals surface area contributed by atoms with Gasteiger partial charge >= 0.3 is 0 Å². The topological polar surface area (TPSA) is 72.9 Å². The summed E-state index contributed by atoms with van der Waals surface area (Å²) in [6, 6.07) is 11.9. The van der Waals surface area contributed by atoms with Crippen molar-refractivity contribution in [3.63, 3.8) is 0 Å². The fourth-order valence-electron chi connectivity index (χ4n) is 3.01. The van der Waals surface area contributed by atoms with Gasteiger partial charge in [0.05, 0.1) is 11.4 Å². The third-order valence-corrected chi connectivity index (χ3v) is 4.14. The summed E-state index contributed by atoms with van der Waals surface area (Å²) < 4.78 is 1.82. The second-order valence-corrected chi connectivity index (χ2v) is 5.77. The lowest BCUT2D eigenvalue weighted by Crippen LogP contribution is -2.18. The fourth-order valence-corrected chi connectivity index (χ4v) is 3.01. The van der Waals surface area contributed by atoms with E-state index in [9.17, 15) is 4.79 Å². The highest BCUT2D eigenvalue weighted by molar-refractivity contribution is 5.90. The molecule has 5 heteroatoms. The normalized spacial score (nSPS) is 15.1. The van der Waals surface area contributed by atoms with Gasteiger partial charge in [-0.05, 0) is 25.0 Å². The van der Waals surface area contributed by atoms with E-state index in [4.69, 9.17) is 10.8 Å². The number of rotatable bonds is 5. The van der Waals surface area contributed by atoms with E-state index in [1.54, 1.807) is 0 Å². The van der Waals surface area contributed by atoms with Crippen LogP contribution in [-0.2, 0) is 4.79 Å². The molecule has 0 aliphatic heterocycles. The van der Waals surface area contributed by atoms with Crippen LogP contribution in [0.1, 0.15) is 43.7 Å². The number of amides is 1. The van der Waals surface area contributed by atoms with E-state index in [2.05, 4.69) is 5.32 Å². The molecule has 0 saturated heterocycles. The second-order valence-electron chi connectivity index (χ2n) is 5.77. The highest BCUT2D eigenvalue weighted by atomic mass is 16.1. The molecular formula is C17H22N4O. The number of aromatic nitrogens is 2. The Labute approximate surface area is 130 Å². The molecule has 0 unspecified atom stereocenters. The van der Waals surface area contributed by atoms with Crippen LogP contribution in [-0.4, -0.2) is 22.2 Å². The van der Waals surface area contributed by atoms with Crippen LogP contribution in [0.4, 0.5) is 5.82 Å². The lowest BCUT2D eigenvalue weighted by molar-refractivity contribution is -0.116. The lowest BCUT2D eigenvalue weighted by Gasteiger charge is -2.08. The van der Waals surface area contributed by atoms with Crippen molar-refractivity contribution >= 4 is 11.7 Å². The molecule has 0 atom stereocenters. The van der Waals surface area contributed by atoms with Gasteiger partial charge in [0.2, 0.25) is 5.91 Å². The molecule has 1 aliphatic carbocycles. The summed E-state index contributed by atoms with van der Waals surface area (Å²) in [4.78, 5) is 11.9. The van der Waals surface area contributed by atoms with E-state index in [1.165, 1.54) is 25.7 Å². The highest BCUT2D eigenvalue weighted by Gasteiger charge is 2.22. The quantitative estimate of drug-likeness (QED) is 0.891. The molecule has 1 amide bonds. The first-order valence-electron chi connectivity index (χ1n) is 7.93. The Kier molecular flexibility index (Phi) is 4.53. The van der Waals surface area contributed by atoms with Crippen LogP contribution >= 0.6 is 0 Å². The predicted molar refractivity (Wildman–Crippen MR) is 87.1 cm³/mol. The Balaban J connectivity index is 1.92. The number of carbonyl (C=O) groups excluding carboxylic acids is 1. The van der Waals surface area contributed by atoms with Crippen LogP contribution in [0.15, 0.2) is 36.4 Å². The SMILES string of the molecule is NCCC(=O)Nc1cc(C2CCCC2)nn1-c1ccccc1. The second kappa shape index (κ2) is 6.75. The Morgan fingerprint density at radius 1 is 1.27 bits per heavy atom. The zero-order valence-electron chi connectivity index (χ0n) is 12.7. The van der Waals surface area contributed by atoms with Crippen molar-refractivity contribution in [2.45, 2.75) is 38.0 Å². The summed E-state index contributed by atoms with van der Waals surface area (Å²) in [5.74, 6) is 1.17. The maximum Gasteiger partial charge on any atom is 0.226 e. The van der Waals surface area contributed by atoms with E-state index in [1.807, 2.05) is 41.1 Å². The van der Waals surface area contributed by atoms with Crippen molar-refractivity contribution in [1.29, 1.82) is 0 Å². The molecule has 1 aliphatic rings. The molecule has 1 aromatic carbocycles. The Hall–Kier alpha value is -2.14. The van der Waals surface area contributed by atoms with Crippen molar-refractivity contribution in [3.05, 3.63) is 42.1 Å². The van der Waals surface area contributed by atoms with Gasteiger partial charge in [-0.25, -0.2) is 4.68 Å². The summed E-state index contributed by atoms with van der Waals surface area (Å²) in [7, 11) is 0. The van der Waals surface area contributed by atoms with Crippen LogP contribution in [0, 0.1) is 0 Å². The van der Waals surface area contributed by atoms with E-state index < -0.39 is 0 Å². The third-order valence-electron chi connectivity index (χ3n) is 4.14. The average molecular weight is 298 g/mol. The minimum absolute atomic E-state index is 0.0717. The molecule has 0 radical (unpaired) electrons. The Morgan fingerprint density at radius 3 is 2.68 bits per heavy atom. The molecule has 116 valence electrons. The Morgan fingerprint density at radius 2 is 2.00 bits per heavy atom. The van der Waals surface area contributed by atoms with Crippen molar-refractivity contribution in [1.82, 2.24) is 9.78 Å². The minimum Gasteiger partial charge on any atom is -0.330 e.